The highest BCUT2D eigenvalue weighted by atomic mass is 16.8. The van der Waals surface area contributed by atoms with Gasteiger partial charge in [-0.3, -0.25) is 0 Å². The molecule has 0 bridgehead atoms. The Morgan fingerprint density at radius 1 is 0.173 bits per heavy atom. The van der Waals surface area contributed by atoms with Crippen molar-refractivity contribution in [3.63, 3.8) is 0 Å². The molecular formula is C72H140N2O. The normalized spacial score (nSPS) is 12.3. The summed E-state index contributed by atoms with van der Waals surface area (Å²) >= 11 is 0. The number of hydrogen-bond donors (Lipinski definition) is 0. The largest absolute Gasteiger partial charge is 0.208 e. The van der Waals surface area contributed by atoms with E-state index in [1.807, 2.05) is 0 Å². The fourth-order valence-electron chi connectivity index (χ4n) is 10.7. The second kappa shape index (κ2) is 68.9. The lowest BCUT2D eigenvalue weighted by molar-refractivity contribution is -0.326. The lowest BCUT2D eigenvalue weighted by Gasteiger charge is -2.29. The van der Waals surface area contributed by atoms with Crippen LogP contribution in [-0.4, -0.2) is 36.3 Å². The van der Waals surface area contributed by atoms with Gasteiger partial charge in [0.05, 0.1) is 0 Å². The maximum Gasteiger partial charge on any atom is 0.0259 e. The van der Waals surface area contributed by atoms with Crippen LogP contribution in [0.3, 0.4) is 0 Å². The van der Waals surface area contributed by atoms with E-state index in [-0.39, 0.29) is 0 Å². The van der Waals surface area contributed by atoms with Crippen LogP contribution >= 0.6 is 0 Å². The van der Waals surface area contributed by atoms with Gasteiger partial charge in [0.25, 0.3) is 0 Å². The van der Waals surface area contributed by atoms with E-state index in [0.29, 0.717) is 0 Å². The predicted molar refractivity (Wildman–Crippen MR) is 342 cm³/mol. The lowest BCUT2D eigenvalue weighted by atomic mass is 10.1. The average molecular weight is 1050 g/mol. The lowest BCUT2D eigenvalue weighted by Crippen LogP contribution is -2.38. The highest BCUT2D eigenvalue weighted by molar-refractivity contribution is 4.83. The van der Waals surface area contributed by atoms with Crippen molar-refractivity contribution >= 4 is 0 Å². The zero-order chi connectivity index (χ0) is 53.9. The van der Waals surface area contributed by atoms with Crippen molar-refractivity contribution in [1.29, 1.82) is 0 Å². The summed E-state index contributed by atoms with van der Waals surface area (Å²) in [7, 11) is 0. The van der Waals surface area contributed by atoms with Crippen LogP contribution in [0.4, 0.5) is 0 Å². The standard InChI is InChI=1S/C72H140N2O/c1-5-9-13-17-21-25-29-33-37-41-45-49-53-57-61-65-69-73(70-66-62-58-54-50-46-42-38-34-30-26-22-18-14-10-6-2)75-74(71-67-63-59-55-51-47-43-39-35-31-27-23-19-15-11-7-3)72-68-64-60-56-52-48-44-40-36-32-28-24-20-16-12-8-4/h33-40H,5-32,41-72H2,1-4H3/b37-33-,38-34-,39-35-,40-36-. The molecule has 0 spiro atoms. The monoisotopic (exact) mass is 1050 g/mol. The summed E-state index contributed by atoms with van der Waals surface area (Å²) < 4.78 is 0. The molecule has 444 valence electrons. The van der Waals surface area contributed by atoms with E-state index in [1.54, 1.807) is 0 Å². The van der Waals surface area contributed by atoms with Crippen LogP contribution in [0.15, 0.2) is 48.6 Å². The maximum atomic E-state index is 6.98. The van der Waals surface area contributed by atoms with Crippen molar-refractivity contribution < 1.29 is 4.94 Å². The fourth-order valence-corrected chi connectivity index (χ4v) is 10.7. The van der Waals surface area contributed by atoms with Gasteiger partial charge >= 0.3 is 0 Å². The Hall–Kier alpha value is -1.16. The van der Waals surface area contributed by atoms with Gasteiger partial charge in [0.1, 0.15) is 0 Å². The zero-order valence-corrected chi connectivity index (χ0v) is 52.3. The Kier molecular flexibility index (Phi) is 67.9. The first-order valence-electron chi connectivity index (χ1n) is 35.1. The summed E-state index contributed by atoms with van der Waals surface area (Å²) in [5.41, 5.74) is 0. The van der Waals surface area contributed by atoms with Gasteiger partial charge in [0, 0.05) is 26.2 Å². The topological polar surface area (TPSA) is 15.7 Å². The Morgan fingerprint density at radius 2 is 0.307 bits per heavy atom. The average Bonchev–Trinajstić information content (AvgIpc) is 3.42. The number of rotatable bonds is 66. The summed E-state index contributed by atoms with van der Waals surface area (Å²) in [5, 5.41) is 4.84. The molecule has 0 aromatic heterocycles. The number of hydrogen-bond acceptors (Lipinski definition) is 3. The molecule has 0 aromatic rings. The molecule has 0 unspecified atom stereocenters. The molecule has 0 aliphatic rings. The van der Waals surface area contributed by atoms with Gasteiger partial charge in [-0.2, -0.15) is 10.1 Å². The van der Waals surface area contributed by atoms with E-state index in [4.69, 9.17) is 4.94 Å². The second-order valence-corrected chi connectivity index (χ2v) is 23.7. The summed E-state index contributed by atoms with van der Waals surface area (Å²) in [6, 6.07) is 0. The predicted octanol–water partition coefficient (Wildman–Crippen LogP) is 25.6. The Balaban J connectivity index is 4.99. The summed E-state index contributed by atoms with van der Waals surface area (Å²) in [6.07, 6.45) is 96.1. The van der Waals surface area contributed by atoms with Crippen LogP contribution in [0.1, 0.15) is 387 Å². The van der Waals surface area contributed by atoms with Crippen LogP contribution in [0.25, 0.3) is 0 Å². The van der Waals surface area contributed by atoms with E-state index in [1.165, 1.54) is 360 Å². The SMILES string of the molecule is CCCCCCCC/C=C\CCCCCCCCN(CCCCCCCC/C=C\CCCCCCCC)ON(CCCCCCCC/C=C\CCCCCCCC)CCCCCCCC/C=C\CCCCCCCC. The van der Waals surface area contributed by atoms with Gasteiger partial charge in [-0.1, -0.05) is 307 Å². The van der Waals surface area contributed by atoms with Gasteiger partial charge < -0.3 is 0 Å². The smallest absolute Gasteiger partial charge is 0.0259 e. The zero-order valence-electron chi connectivity index (χ0n) is 52.3. The molecule has 0 saturated heterocycles. The molecule has 0 aliphatic carbocycles. The van der Waals surface area contributed by atoms with Crippen LogP contribution in [0, 0.1) is 0 Å². The first-order chi connectivity index (χ1) is 37.3. The Bertz CT molecular complexity index is 956. The molecule has 0 amide bonds. The van der Waals surface area contributed by atoms with Crippen LogP contribution in [0.5, 0.6) is 0 Å². The molecule has 0 rings (SSSR count). The highest BCUT2D eigenvalue weighted by Gasteiger charge is 2.13. The van der Waals surface area contributed by atoms with E-state index < -0.39 is 0 Å². The van der Waals surface area contributed by atoms with Gasteiger partial charge in [0.2, 0.25) is 0 Å². The summed E-state index contributed by atoms with van der Waals surface area (Å²) in [5.74, 6) is 0. The molecule has 0 fully saturated rings. The molecule has 3 nitrogen and oxygen atoms in total. The first-order valence-corrected chi connectivity index (χ1v) is 35.1. The maximum absolute atomic E-state index is 6.98. The van der Waals surface area contributed by atoms with Gasteiger partial charge in [-0.05, 0) is 128 Å². The number of allylic oxidation sites excluding steroid dienone is 8. The minimum Gasteiger partial charge on any atom is -0.208 e. The number of nitrogens with zero attached hydrogens (tertiary/aromatic N) is 2. The number of unbranched alkanes of at least 4 members (excludes halogenated alkanes) is 48. The fraction of sp³-hybridized carbons (Fsp3) is 0.889. The molecule has 3 heteroatoms. The Morgan fingerprint density at radius 3 is 0.467 bits per heavy atom. The minimum atomic E-state index is 1.09. The van der Waals surface area contributed by atoms with E-state index >= 15 is 0 Å². The molecular weight excluding hydrogens is 909 g/mol. The molecule has 0 aromatic carbocycles. The van der Waals surface area contributed by atoms with Crippen LogP contribution in [-0.2, 0) is 4.94 Å². The summed E-state index contributed by atoms with van der Waals surface area (Å²) in [6.45, 7) is 13.6. The van der Waals surface area contributed by atoms with Crippen molar-refractivity contribution in [3.8, 4) is 0 Å². The van der Waals surface area contributed by atoms with Crippen LogP contribution < -0.4 is 0 Å². The van der Waals surface area contributed by atoms with Crippen molar-refractivity contribution in [1.82, 2.24) is 10.1 Å². The van der Waals surface area contributed by atoms with Crippen molar-refractivity contribution in [2.45, 2.75) is 387 Å². The first kappa shape index (κ1) is 73.8. The second-order valence-electron chi connectivity index (χ2n) is 23.7. The number of hydroxylamine groups is 4. The highest BCUT2D eigenvalue weighted by Crippen LogP contribution is 2.17. The van der Waals surface area contributed by atoms with E-state index in [2.05, 4.69) is 86.4 Å². The molecule has 0 radical (unpaired) electrons. The molecule has 0 aliphatic heterocycles. The third-order valence-electron chi connectivity index (χ3n) is 15.9. The quantitative estimate of drug-likeness (QED) is 0.0343. The molecule has 0 heterocycles. The molecule has 0 N–H and O–H groups in total. The summed E-state index contributed by atoms with van der Waals surface area (Å²) in [4.78, 5) is 6.98. The van der Waals surface area contributed by atoms with Crippen molar-refractivity contribution in [2.75, 3.05) is 26.2 Å². The molecule has 0 atom stereocenters. The van der Waals surface area contributed by atoms with Crippen molar-refractivity contribution in [2.24, 2.45) is 0 Å². The molecule has 75 heavy (non-hydrogen) atoms. The van der Waals surface area contributed by atoms with Gasteiger partial charge in [-0.25, -0.2) is 4.94 Å². The molecule has 0 saturated carbocycles. The van der Waals surface area contributed by atoms with Gasteiger partial charge in [-0.15, -0.1) is 0 Å². The Labute approximate surface area is 474 Å². The van der Waals surface area contributed by atoms with Gasteiger partial charge in [0.15, 0.2) is 0 Å². The van der Waals surface area contributed by atoms with E-state index in [0.717, 1.165) is 26.2 Å². The van der Waals surface area contributed by atoms with Crippen molar-refractivity contribution in [3.05, 3.63) is 48.6 Å². The van der Waals surface area contributed by atoms with E-state index in [9.17, 15) is 0 Å². The third kappa shape index (κ3) is 65.3. The minimum absolute atomic E-state index is 1.09. The van der Waals surface area contributed by atoms with Crippen LogP contribution in [0.2, 0.25) is 0 Å². The third-order valence-corrected chi connectivity index (χ3v) is 15.9.